The topological polar surface area (TPSA) is 62.2 Å². The van der Waals surface area contributed by atoms with E-state index < -0.39 is 0 Å². The quantitative estimate of drug-likeness (QED) is 0.827. The van der Waals surface area contributed by atoms with Crippen LogP contribution in [-0.2, 0) is 11.2 Å². The van der Waals surface area contributed by atoms with E-state index in [9.17, 15) is 4.79 Å². The van der Waals surface area contributed by atoms with E-state index in [2.05, 4.69) is 28.7 Å². The van der Waals surface area contributed by atoms with Crippen molar-refractivity contribution in [1.29, 1.82) is 0 Å². The molecule has 1 aliphatic rings. The van der Waals surface area contributed by atoms with Crippen LogP contribution < -0.4 is 4.90 Å². The minimum atomic E-state index is 0.218. The Bertz CT molecular complexity index is 739. The lowest BCUT2D eigenvalue weighted by atomic mass is 10.1. The Balaban J connectivity index is 1.55. The van der Waals surface area contributed by atoms with Gasteiger partial charge in [0, 0.05) is 62.7 Å². The van der Waals surface area contributed by atoms with Gasteiger partial charge in [-0.2, -0.15) is 0 Å². The van der Waals surface area contributed by atoms with E-state index in [0.29, 0.717) is 12.3 Å². The number of rotatable bonds is 5. The molecular formula is C20H27N5O. The van der Waals surface area contributed by atoms with E-state index >= 15 is 0 Å². The van der Waals surface area contributed by atoms with Crippen molar-refractivity contribution < 1.29 is 4.79 Å². The first kappa shape index (κ1) is 18.3. The molecule has 1 fully saturated rings. The fraction of sp³-hybridized carbons (Fsp3) is 0.500. The van der Waals surface area contributed by atoms with Crippen LogP contribution >= 0.6 is 0 Å². The van der Waals surface area contributed by atoms with Crippen molar-refractivity contribution >= 4 is 11.7 Å². The zero-order chi connectivity index (χ0) is 18.5. The number of pyridine rings is 1. The van der Waals surface area contributed by atoms with Crippen molar-refractivity contribution in [2.45, 2.75) is 39.5 Å². The van der Waals surface area contributed by atoms with Gasteiger partial charge in [0.25, 0.3) is 0 Å². The molecule has 1 saturated heterocycles. The second-order valence-corrected chi connectivity index (χ2v) is 7.11. The second-order valence-electron chi connectivity index (χ2n) is 7.11. The van der Waals surface area contributed by atoms with E-state index in [4.69, 9.17) is 4.98 Å². The summed E-state index contributed by atoms with van der Waals surface area (Å²) in [5, 5.41) is 0. The fourth-order valence-electron chi connectivity index (χ4n) is 3.13. The summed E-state index contributed by atoms with van der Waals surface area (Å²) in [4.78, 5) is 30.0. The van der Waals surface area contributed by atoms with Gasteiger partial charge in [-0.25, -0.2) is 9.97 Å². The van der Waals surface area contributed by atoms with Gasteiger partial charge in [0.1, 0.15) is 11.6 Å². The Hall–Kier alpha value is -2.50. The van der Waals surface area contributed by atoms with Crippen LogP contribution in [0.2, 0.25) is 0 Å². The van der Waals surface area contributed by atoms with Gasteiger partial charge in [0.15, 0.2) is 0 Å². The molecule has 2 aromatic heterocycles. The lowest BCUT2D eigenvalue weighted by Crippen LogP contribution is -2.49. The van der Waals surface area contributed by atoms with Crippen molar-refractivity contribution in [2.75, 3.05) is 31.1 Å². The fourth-order valence-corrected chi connectivity index (χ4v) is 3.13. The number of anilines is 1. The largest absolute Gasteiger partial charge is 0.353 e. The summed E-state index contributed by atoms with van der Waals surface area (Å²) in [6.07, 6.45) is 4.87. The number of carbonyl (C=O) groups is 1. The summed E-state index contributed by atoms with van der Waals surface area (Å²) in [5.74, 6) is 2.39. The van der Waals surface area contributed by atoms with Crippen LogP contribution in [0.4, 0.5) is 5.82 Å². The third kappa shape index (κ3) is 4.56. The molecule has 26 heavy (non-hydrogen) atoms. The molecule has 6 nitrogen and oxygen atoms in total. The molecule has 138 valence electrons. The van der Waals surface area contributed by atoms with E-state index in [-0.39, 0.29) is 5.91 Å². The van der Waals surface area contributed by atoms with Crippen LogP contribution in [0.15, 0.2) is 30.6 Å². The molecule has 2 aromatic rings. The highest BCUT2D eigenvalue weighted by Crippen LogP contribution is 2.19. The normalized spacial score (nSPS) is 14.8. The van der Waals surface area contributed by atoms with Crippen molar-refractivity contribution in [2.24, 2.45) is 0 Å². The maximum atomic E-state index is 12.5. The maximum Gasteiger partial charge on any atom is 0.223 e. The summed E-state index contributed by atoms with van der Waals surface area (Å²) >= 11 is 0. The van der Waals surface area contributed by atoms with E-state index in [1.807, 2.05) is 36.2 Å². The predicted molar refractivity (Wildman–Crippen MR) is 102 cm³/mol. The summed E-state index contributed by atoms with van der Waals surface area (Å²) in [7, 11) is 0. The van der Waals surface area contributed by atoms with E-state index in [0.717, 1.165) is 55.5 Å². The first-order valence-electron chi connectivity index (χ1n) is 9.30. The van der Waals surface area contributed by atoms with Gasteiger partial charge >= 0.3 is 0 Å². The number of carbonyl (C=O) groups excluding carboxylic acids is 1. The van der Waals surface area contributed by atoms with Crippen molar-refractivity contribution in [1.82, 2.24) is 19.9 Å². The number of amides is 1. The van der Waals surface area contributed by atoms with Crippen molar-refractivity contribution in [3.05, 3.63) is 47.7 Å². The molecule has 6 heteroatoms. The molecular weight excluding hydrogens is 326 g/mol. The molecule has 0 aliphatic carbocycles. The smallest absolute Gasteiger partial charge is 0.223 e. The molecule has 1 amide bonds. The summed E-state index contributed by atoms with van der Waals surface area (Å²) in [6, 6.07) is 5.96. The molecule has 0 saturated carbocycles. The summed E-state index contributed by atoms with van der Waals surface area (Å²) < 4.78 is 0. The molecule has 0 N–H and O–H groups in total. The van der Waals surface area contributed by atoms with Crippen molar-refractivity contribution in [3.8, 4) is 0 Å². The van der Waals surface area contributed by atoms with Crippen LogP contribution in [0.5, 0.6) is 0 Å². The van der Waals surface area contributed by atoms with Gasteiger partial charge in [-0.1, -0.05) is 19.9 Å². The Morgan fingerprint density at radius 2 is 1.96 bits per heavy atom. The Kier molecular flexibility index (Phi) is 5.81. The third-order valence-corrected chi connectivity index (χ3v) is 4.68. The van der Waals surface area contributed by atoms with Gasteiger partial charge < -0.3 is 9.80 Å². The van der Waals surface area contributed by atoms with E-state index in [1.54, 1.807) is 6.20 Å². The van der Waals surface area contributed by atoms with Crippen LogP contribution in [0.25, 0.3) is 0 Å². The second kappa shape index (κ2) is 8.25. The molecule has 0 spiro atoms. The minimum Gasteiger partial charge on any atom is -0.353 e. The number of hydrogen-bond acceptors (Lipinski definition) is 5. The zero-order valence-electron chi connectivity index (χ0n) is 15.9. The standard InChI is InChI=1S/C20H27N5O/c1-15(2)20-22-16(3)13-18(23-20)24-9-11-25(12-10-24)19(26)7-6-17-5-4-8-21-14-17/h4-5,8,13-15H,6-7,9-12H2,1-3H3. The van der Waals surface area contributed by atoms with Gasteiger partial charge in [-0.05, 0) is 25.0 Å². The number of hydrogen-bond donors (Lipinski definition) is 0. The number of nitrogens with zero attached hydrogens (tertiary/aromatic N) is 5. The van der Waals surface area contributed by atoms with Crippen LogP contribution in [0.1, 0.15) is 43.3 Å². The lowest BCUT2D eigenvalue weighted by Gasteiger charge is -2.35. The minimum absolute atomic E-state index is 0.218. The monoisotopic (exact) mass is 353 g/mol. The molecule has 0 radical (unpaired) electrons. The van der Waals surface area contributed by atoms with Gasteiger partial charge in [0.05, 0.1) is 0 Å². The molecule has 0 unspecified atom stereocenters. The lowest BCUT2D eigenvalue weighted by molar-refractivity contribution is -0.131. The zero-order valence-corrected chi connectivity index (χ0v) is 15.9. The maximum absolute atomic E-state index is 12.5. The molecule has 0 aromatic carbocycles. The SMILES string of the molecule is Cc1cc(N2CCN(C(=O)CCc3cccnc3)CC2)nc(C(C)C)n1. The van der Waals surface area contributed by atoms with Crippen LogP contribution in [0.3, 0.4) is 0 Å². The molecule has 0 bridgehead atoms. The Morgan fingerprint density at radius 1 is 1.19 bits per heavy atom. The third-order valence-electron chi connectivity index (χ3n) is 4.68. The number of piperazine rings is 1. The highest BCUT2D eigenvalue weighted by molar-refractivity contribution is 5.76. The Labute approximate surface area is 155 Å². The molecule has 0 atom stereocenters. The van der Waals surface area contributed by atoms with Gasteiger partial charge in [-0.3, -0.25) is 9.78 Å². The molecule has 3 rings (SSSR count). The van der Waals surface area contributed by atoms with Crippen LogP contribution in [0, 0.1) is 6.92 Å². The van der Waals surface area contributed by atoms with Crippen LogP contribution in [-0.4, -0.2) is 51.9 Å². The van der Waals surface area contributed by atoms with Gasteiger partial charge in [-0.15, -0.1) is 0 Å². The predicted octanol–water partition coefficient (Wildman–Crippen LogP) is 2.58. The first-order chi connectivity index (χ1) is 12.5. The Morgan fingerprint density at radius 3 is 2.62 bits per heavy atom. The summed E-state index contributed by atoms with van der Waals surface area (Å²) in [6.45, 7) is 9.33. The number of aryl methyl sites for hydroxylation is 2. The van der Waals surface area contributed by atoms with Crippen molar-refractivity contribution in [3.63, 3.8) is 0 Å². The highest BCUT2D eigenvalue weighted by Gasteiger charge is 2.22. The highest BCUT2D eigenvalue weighted by atomic mass is 16.2. The average Bonchev–Trinajstić information content (AvgIpc) is 2.66. The first-order valence-corrected chi connectivity index (χ1v) is 9.30. The van der Waals surface area contributed by atoms with E-state index in [1.165, 1.54) is 0 Å². The molecule has 3 heterocycles. The number of aromatic nitrogens is 3. The molecule has 1 aliphatic heterocycles. The average molecular weight is 353 g/mol. The summed E-state index contributed by atoms with van der Waals surface area (Å²) in [5.41, 5.74) is 2.10. The van der Waals surface area contributed by atoms with Gasteiger partial charge in [0.2, 0.25) is 5.91 Å².